The zero-order valence-corrected chi connectivity index (χ0v) is 22.7. The molecule has 5 rings (SSSR count). The maximum absolute atomic E-state index is 13.2. The van der Waals surface area contributed by atoms with Gasteiger partial charge in [-0.2, -0.15) is 0 Å². The predicted molar refractivity (Wildman–Crippen MR) is 149 cm³/mol. The highest BCUT2D eigenvalue weighted by atomic mass is 16.5. The van der Waals surface area contributed by atoms with Gasteiger partial charge in [0.25, 0.3) is 5.56 Å². The van der Waals surface area contributed by atoms with Crippen molar-refractivity contribution in [3.8, 4) is 5.75 Å². The summed E-state index contributed by atoms with van der Waals surface area (Å²) in [5.41, 5.74) is 4.04. The van der Waals surface area contributed by atoms with Crippen LogP contribution in [0.25, 0.3) is 10.9 Å². The van der Waals surface area contributed by atoms with E-state index in [1.54, 1.807) is 7.11 Å². The first kappa shape index (κ1) is 26.1. The molecule has 1 N–H and O–H groups in total. The number of methoxy groups -OCH3 is 1. The molecule has 1 saturated carbocycles. The average molecular weight is 515 g/mol. The third kappa shape index (κ3) is 5.65. The van der Waals surface area contributed by atoms with Gasteiger partial charge in [0.2, 0.25) is 0 Å². The first-order valence-electron chi connectivity index (χ1n) is 13.9. The predicted octanol–water partition coefficient (Wildman–Crippen LogP) is 5.42. The van der Waals surface area contributed by atoms with Crippen LogP contribution in [0.1, 0.15) is 80.9 Å². The SMILES string of the molecule is CCc1ccc2[nH]c(=O)c(CN(C3CCCCC3)[C@@H](CC)c3nnnn3Cc3ccc(OC)cc3)cc2c1. The number of ether oxygens (including phenoxy) is 1. The molecule has 1 aliphatic carbocycles. The maximum Gasteiger partial charge on any atom is 0.252 e. The van der Waals surface area contributed by atoms with Crippen LogP contribution in [0.3, 0.4) is 0 Å². The van der Waals surface area contributed by atoms with E-state index in [-0.39, 0.29) is 11.6 Å². The van der Waals surface area contributed by atoms with Crippen molar-refractivity contribution in [3.05, 3.63) is 81.4 Å². The summed E-state index contributed by atoms with van der Waals surface area (Å²) in [5.74, 6) is 1.67. The standard InChI is InChI=1S/C30H38N6O2/c1-4-21-13-16-27-23(17-21)18-24(30(37)31-27)20-35(25-9-7-6-8-10-25)28(5-2)29-32-33-34-36(29)19-22-11-14-26(38-3)15-12-22/h11-18,25,28H,4-10,19-20H2,1-3H3,(H,31,37)/t28-/m0/s1. The summed E-state index contributed by atoms with van der Waals surface area (Å²) >= 11 is 0. The summed E-state index contributed by atoms with van der Waals surface area (Å²) in [4.78, 5) is 18.8. The molecule has 200 valence electrons. The van der Waals surface area contributed by atoms with E-state index in [1.165, 1.54) is 24.8 Å². The van der Waals surface area contributed by atoms with Crippen molar-refractivity contribution in [2.24, 2.45) is 0 Å². The number of nitrogens with one attached hydrogen (secondary N) is 1. The summed E-state index contributed by atoms with van der Waals surface area (Å²) in [6, 6.07) is 16.8. The Hall–Kier alpha value is -3.52. The Morgan fingerprint density at radius 1 is 1.05 bits per heavy atom. The van der Waals surface area contributed by atoms with Crippen molar-refractivity contribution < 1.29 is 4.74 Å². The van der Waals surface area contributed by atoms with Gasteiger partial charge in [-0.25, -0.2) is 4.68 Å². The quantitative estimate of drug-likeness (QED) is 0.304. The van der Waals surface area contributed by atoms with E-state index >= 15 is 0 Å². The molecule has 8 heteroatoms. The van der Waals surface area contributed by atoms with Crippen molar-refractivity contribution in [2.45, 2.75) is 84.0 Å². The zero-order chi connectivity index (χ0) is 26.5. The molecule has 0 radical (unpaired) electrons. The van der Waals surface area contributed by atoms with E-state index in [0.29, 0.717) is 19.1 Å². The molecule has 4 aromatic rings. The fraction of sp³-hybridized carbons (Fsp3) is 0.467. The van der Waals surface area contributed by atoms with Crippen molar-refractivity contribution in [2.75, 3.05) is 7.11 Å². The van der Waals surface area contributed by atoms with Crippen LogP contribution in [0, 0.1) is 0 Å². The van der Waals surface area contributed by atoms with Crippen molar-refractivity contribution >= 4 is 10.9 Å². The number of aromatic nitrogens is 5. The van der Waals surface area contributed by atoms with Gasteiger partial charge in [-0.1, -0.05) is 51.3 Å². The number of pyridine rings is 1. The highest BCUT2D eigenvalue weighted by molar-refractivity contribution is 5.79. The summed E-state index contributed by atoms with van der Waals surface area (Å²) < 4.78 is 7.21. The topological polar surface area (TPSA) is 88.9 Å². The third-order valence-electron chi connectivity index (χ3n) is 7.93. The van der Waals surface area contributed by atoms with Crippen LogP contribution in [-0.2, 0) is 19.5 Å². The van der Waals surface area contributed by atoms with Crippen LogP contribution in [-0.4, -0.2) is 43.2 Å². The number of H-pyrrole nitrogens is 1. The van der Waals surface area contributed by atoms with E-state index in [0.717, 1.165) is 59.3 Å². The highest BCUT2D eigenvalue weighted by Gasteiger charge is 2.32. The molecule has 1 aliphatic rings. The minimum Gasteiger partial charge on any atom is -0.497 e. The summed E-state index contributed by atoms with van der Waals surface area (Å²) in [7, 11) is 1.67. The first-order chi connectivity index (χ1) is 18.6. The van der Waals surface area contributed by atoms with E-state index in [2.05, 4.69) is 57.5 Å². The molecule has 0 aliphatic heterocycles. The van der Waals surface area contributed by atoms with Gasteiger partial charge in [0.15, 0.2) is 5.82 Å². The molecule has 2 aromatic heterocycles. The van der Waals surface area contributed by atoms with Crippen LogP contribution in [0.2, 0.25) is 0 Å². The van der Waals surface area contributed by atoms with Crippen LogP contribution in [0.4, 0.5) is 0 Å². The van der Waals surface area contributed by atoms with Crippen molar-refractivity contribution in [3.63, 3.8) is 0 Å². The second-order valence-electron chi connectivity index (χ2n) is 10.3. The number of aryl methyl sites for hydroxylation is 1. The van der Waals surface area contributed by atoms with Gasteiger partial charge in [0, 0.05) is 23.7 Å². The zero-order valence-electron chi connectivity index (χ0n) is 22.7. The summed E-state index contributed by atoms with van der Waals surface area (Å²) in [6.45, 7) is 5.49. The second-order valence-corrected chi connectivity index (χ2v) is 10.3. The number of hydrogen-bond donors (Lipinski definition) is 1. The monoisotopic (exact) mass is 514 g/mol. The van der Waals surface area contributed by atoms with Gasteiger partial charge < -0.3 is 9.72 Å². The first-order valence-corrected chi connectivity index (χ1v) is 13.9. The number of aromatic amines is 1. The summed E-state index contributed by atoms with van der Waals surface area (Å²) in [6.07, 6.45) is 7.76. The molecule has 2 heterocycles. The molecule has 0 unspecified atom stereocenters. The minimum absolute atomic E-state index is 0.00317. The number of hydrogen-bond acceptors (Lipinski definition) is 6. The van der Waals surface area contributed by atoms with Crippen LogP contribution < -0.4 is 10.3 Å². The lowest BCUT2D eigenvalue weighted by Crippen LogP contribution is -2.41. The normalized spacial score (nSPS) is 15.3. The van der Waals surface area contributed by atoms with Gasteiger partial charge in [-0.3, -0.25) is 9.69 Å². The highest BCUT2D eigenvalue weighted by Crippen LogP contribution is 2.33. The van der Waals surface area contributed by atoms with Gasteiger partial charge in [0.05, 0.1) is 19.7 Å². The fourth-order valence-corrected chi connectivity index (χ4v) is 5.77. The number of fused-ring (bicyclic) bond motifs is 1. The molecule has 0 bridgehead atoms. The minimum atomic E-state index is -0.0183. The van der Waals surface area contributed by atoms with Crippen molar-refractivity contribution in [1.29, 1.82) is 0 Å². The Morgan fingerprint density at radius 2 is 1.82 bits per heavy atom. The maximum atomic E-state index is 13.2. The van der Waals surface area contributed by atoms with Gasteiger partial charge in [-0.05, 0) is 83.0 Å². The van der Waals surface area contributed by atoms with Crippen LogP contribution >= 0.6 is 0 Å². The number of rotatable bonds is 10. The Balaban J connectivity index is 1.48. The molecular formula is C30H38N6O2. The van der Waals surface area contributed by atoms with Gasteiger partial charge in [-0.15, -0.1) is 5.10 Å². The molecule has 0 spiro atoms. The van der Waals surface area contributed by atoms with E-state index in [1.807, 2.05) is 35.0 Å². The van der Waals surface area contributed by atoms with Crippen LogP contribution in [0.5, 0.6) is 5.75 Å². The molecule has 0 amide bonds. The fourth-order valence-electron chi connectivity index (χ4n) is 5.77. The third-order valence-corrected chi connectivity index (χ3v) is 7.93. The number of tetrazole rings is 1. The lowest BCUT2D eigenvalue weighted by Gasteiger charge is -2.39. The molecule has 38 heavy (non-hydrogen) atoms. The molecule has 0 saturated heterocycles. The number of nitrogens with zero attached hydrogens (tertiary/aromatic N) is 5. The molecule has 1 atom stereocenters. The van der Waals surface area contributed by atoms with Gasteiger partial charge >= 0.3 is 0 Å². The Morgan fingerprint density at radius 3 is 2.53 bits per heavy atom. The average Bonchev–Trinajstić information content (AvgIpc) is 3.41. The molecule has 1 fully saturated rings. The molecule has 8 nitrogen and oxygen atoms in total. The van der Waals surface area contributed by atoms with Gasteiger partial charge in [0.1, 0.15) is 5.75 Å². The molecular weight excluding hydrogens is 476 g/mol. The second kappa shape index (κ2) is 11.9. The smallest absolute Gasteiger partial charge is 0.252 e. The van der Waals surface area contributed by atoms with E-state index < -0.39 is 0 Å². The lowest BCUT2D eigenvalue weighted by molar-refractivity contribution is 0.0844. The Labute approximate surface area is 224 Å². The van der Waals surface area contributed by atoms with Crippen molar-refractivity contribution in [1.82, 2.24) is 30.1 Å². The lowest BCUT2D eigenvalue weighted by atomic mass is 9.92. The van der Waals surface area contributed by atoms with E-state index in [9.17, 15) is 4.79 Å². The Kier molecular flexibility index (Phi) is 8.17. The number of benzene rings is 2. The summed E-state index contributed by atoms with van der Waals surface area (Å²) in [5, 5.41) is 14.0. The Bertz CT molecular complexity index is 1400. The van der Waals surface area contributed by atoms with Crippen LogP contribution in [0.15, 0.2) is 53.3 Å². The van der Waals surface area contributed by atoms with E-state index in [4.69, 9.17) is 4.74 Å². The molecule has 2 aromatic carbocycles. The largest absolute Gasteiger partial charge is 0.497 e.